The SMILES string of the molecule is CCCC1(CC)CCN(Cc2c[nH]c3ccccc23)C1=O.Cc1nccc(C(F)(F)F)n1. The fourth-order valence-electron chi connectivity index (χ4n) is 4.34. The Hall–Kier alpha value is -2.90. The molecule has 1 aromatic carbocycles. The third kappa shape index (κ3) is 5.11. The Morgan fingerprint density at radius 2 is 1.94 bits per heavy atom. The van der Waals surface area contributed by atoms with Crippen LogP contribution in [0.15, 0.2) is 42.7 Å². The van der Waals surface area contributed by atoms with Crippen LogP contribution in [0.4, 0.5) is 13.2 Å². The number of hydrogen-bond acceptors (Lipinski definition) is 3. The monoisotopic (exact) mass is 446 g/mol. The van der Waals surface area contributed by atoms with Crippen molar-refractivity contribution in [2.45, 2.75) is 59.2 Å². The number of alkyl halides is 3. The van der Waals surface area contributed by atoms with Crippen LogP contribution in [0.2, 0.25) is 0 Å². The lowest BCUT2D eigenvalue weighted by atomic mass is 9.79. The molecule has 8 heteroatoms. The molecule has 0 radical (unpaired) electrons. The molecule has 3 aromatic rings. The minimum atomic E-state index is -4.37. The summed E-state index contributed by atoms with van der Waals surface area (Å²) < 4.78 is 35.6. The van der Waals surface area contributed by atoms with Crippen LogP contribution in [0, 0.1) is 12.3 Å². The smallest absolute Gasteiger partial charge is 0.361 e. The molecule has 1 N–H and O–H groups in total. The highest BCUT2D eigenvalue weighted by atomic mass is 19.4. The maximum absolute atomic E-state index is 12.8. The van der Waals surface area contributed by atoms with E-state index in [2.05, 4.69) is 51.9 Å². The number of carbonyl (C=O) groups is 1. The van der Waals surface area contributed by atoms with Crippen LogP contribution in [0.25, 0.3) is 10.9 Å². The van der Waals surface area contributed by atoms with Crippen LogP contribution in [0.1, 0.15) is 56.6 Å². The summed E-state index contributed by atoms with van der Waals surface area (Å²) in [5.41, 5.74) is 1.38. The zero-order valence-corrected chi connectivity index (χ0v) is 18.7. The Morgan fingerprint density at radius 1 is 1.19 bits per heavy atom. The van der Waals surface area contributed by atoms with E-state index in [1.54, 1.807) is 0 Å². The van der Waals surface area contributed by atoms with Crippen molar-refractivity contribution in [2.75, 3.05) is 6.54 Å². The number of rotatable bonds is 5. The minimum Gasteiger partial charge on any atom is -0.361 e. The van der Waals surface area contributed by atoms with Crippen molar-refractivity contribution in [1.29, 1.82) is 0 Å². The fourth-order valence-corrected chi connectivity index (χ4v) is 4.34. The van der Waals surface area contributed by atoms with Crippen molar-refractivity contribution in [3.63, 3.8) is 0 Å². The van der Waals surface area contributed by atoms with Crippen LogP contribution in [-0.2, 0) is 17.5 Å². The standard InChI is InChI=1S/C18H24N2O.C6H5F3N2/c1-3-9-18(4-2)10-11-20(17(18)21)13-14-12-19-16-8-6-5-7-15(14)16;1-4-10-3-2-5(11-4)6(7,8)9/h5-8,12,19H,3-4,9-11,13H2,1-2H3;2-3H,1H3. The average molecular weight is 447 g/mol. The molecular formula is C24H29F3N4O. The average Bonchev–Trinajstić information content (AvgIpc) is 3.31. The molecule has 1 aliphatic rings. The highest BCUT2D eigenvalue weighted by molar-refractivity contribution is 5.86. The minimum absolute atomic E-state index is 0.0964. The number of amides is 1. The van der Waals surface area contributed by atoms with Gasteiger partial charge in [0.05, 0.1) is 5.41 Å². The Labute approximate surface area is 186 Å². The molecule has 3 heterocycles. The van der Waals surface area contributed by atoms with Crippen LogP contribution < -0.4 is 0 Å². The van der Waals surface area contributed by atoms with Crippen LogP contribution in [0.5, 0.6) is 0 Å². The van der Waals surface area contributed by atoms with Gasteiger partial charge < -0.3 is 9.88 Å². The number of hydrogen-bond donors (Lipinski definition) is 1. The number of benzene rings is 1. The Balaban J connectivity index is 0.000000222. The highest BCUT2D eigenvalue weighted by Crippen LogP contribution is 2.40. The number of likely N-dealkylation sites (tertiary alicyclic amines) is 1. The first kappa shape index (κ1) is 23.8. The third-order valence-corrected chi connectivity index (χ3v) is 6.11. The van der Waals surface area contributed by atoms with Crippen LogP contribution >= 0.6 is 0 Å². The zero-order chi connectivity index (χ0) is 23.4. The molecule has 1 amide bonds. The first-order valence-corrected chi connectivity index (χ1v) is 10.9. The normalized spacial score (nSPS) is 18.7. The van der Waals surface area contributed by atoms with E-state index in [0.29, 0.717) is 5.91 Å². The Morgan fingerprint density at radius 3 is 2.56 bits per heavy atom. The number of H-pyrrole nitrogens is 1. The van der Waals surface area contributed by atoms with Crippen molar-refractivity contribution in [1.82, 2.24) is 19.9 Å². The first-order valence-electron chi connectivity index (χ1n) is 10.9. The van der Waals surface area contributed by atoms with Gasteiger partial charge in [0.1, 0.15) is 11.5 Å². The predicted octanol–water partition coefficient (Wildman–Crippen LogP) is 5.90. The number of nitrogens with one attached hydrogen (secondary N) is 1. The molecule has 0 aliphatic carbocycles. The molecule has 1 unspecified atom stereocenters. The van der Waals surface area contributed by atoms with Gasteiger partial charge in [-0.3, -0.25) is 4.79 Å². The molecule has 1 saturated heterocycles. The van der Waals surface area contributed by atoms with Gasteiger partial charge >= 0.3 is 6.18 Å². The lowest BCUT2D eigenvalue weighted by Crippen LogP contribution is -2.33. The van der Waals surface area contributed by atoms with Gasteiger partial charge in [-0.05, 0) is 43.9 Å². The maximum Gasteiger partial charge on any atom is 0.433 e. The summed E-state index contributed by atoms with van der Waals surface area (Å²) in [6.07, 6.45) is 2.85. The van der Waals surface area contributed by atoms with E-state index in [-0.39, 0.29) is 11.2 Å². The van der Waals surface area contributed by atoms with E-state index in [1.165, 1.54) is 17.9 Å². The second-order valence-corrected chi connectivity index (χ2v) is 8.21. The van der Waals surface area contributed by atoms with Crippen molar-refractivity contribution in [3.05, 3.63) is 59.8 Å². The Bertz CT molecular complexity index is 1060. The summed E-state index contributed by atoms with van der Waals surface area (Å²) in [6.45, 7) is 7.37. The summed E-state index contributed by atoms with van der Waals surface area (Å²) in [5, 5.41) is 1.23. The van der Waals surface area contributed by atoms with Crippen molar-refractivity contribution in [3.8, 4) is 0 Å². The second kappa shape index (κ2) is 9.71. The van der Waals surface area contributed by atoms with E-state index >= 15 is 0 Å². The van der Waals surface area contributed by atoms with Crippen LogP contribution in [0.3, 0.4) is 0 Å². The number of aromatic nitrogens is 3. The number of carbonyl (C=O) groups excluding carboxylic acids is 1. The van der Waals surface area contributed by atoms with Crippen molar-refractivity contribution < 1.29 is 18.0 Å². The van der Waals surface area contributed by atoms with Gasteiger partial charge in [-0.2, -0.15) is 13.2 Å². The van der Waals surface area contributed by atoms with Gasteiger partial charge in [-0.25, -0.2) is 9.97 Å². The van der Waals surface area contributed by atoms with E-state index in [1.807, 2.05) is 12.3 Å². The lowest BCUT2D eigenvalue weighted by molar-refractivity contribution is -0.141. The van der Waals surface area contributed by atoms with E-state index in [4.69, 9.17) is 0 Å². The molecule has 1 aliphatic heterocycles. The van der Waals surface area contributed by atoms with Gasteiger partial charge in [0.2, 0.25) is 5.91 Å². The first-order chi connectivity index (χ1) is 15.2. The van der Waals surface area contributed by atoms with Gasteiger partial charge in [0, 0.05) is 36.4 Å². The topological polar surface area (TPSA) is 61.9 Å². The number of aromatic amines is 1. The van der Waals surface area contributed by atoms with Gasteiger partial charge in [-0.15, -0.1) is 0 Å². The summed E-state index contributed by atoms with van der Waals surface area (Å²) in [6, 6.07) is 9.14. The van der Waals surface area contributed by atoms with Crippen molar-refractivity contribution >= 4 is 16.8 Å². The van der Waals surface area contributed by atoms with Crippen molar-refractivity contribution in [2.24, 2.45) is 5.41 Å². The number of fused-ring (bicyclic) bond motifs is 1. The third-order valence-electron chi connectivity index (χ3n) is 6.11. The molecule has 0 spiro atoms. The summed E-state index contributed by atoms with van der Waals surface area (Å²) in [5.74, 6) is 0.483. The molecule has 2 aromatic heterocycles. The summed E-state index contributed by atoms with van der Waals surface area (Å²) in [4.78, 5) is 24.9. The fraction of sp³-hybridized carbons (Fsp3) is 0.458. The molecule has 172 valence electrons. The van der Waals surface area contributed by atoms with Gasteiger partial charge in [-0.1, -0.05) is 38.5 Å². The second-order valence-electron chi connectivity index (χ2n) is 8.21. The molecule has 1 atom stereocenters. The Kier molecular flexibility index (Phi) is 7.21. The maximum atomic E-state index is 12.8. The molecule has 32 heavy (non-hydrogen) atoms. The molecule has 0 bridgehead atoms. The number of aryl methyl sites for hydroxylation is 1. The largest absolute Gasteiger partial charge is 0.433 e. The lowest BCUT2D eigenvalue weighted by Gasteiger charge is -2.26. The molecule has 4 rings (SSSR count). The molecular weight excluding hydrogens is 417 g/mol. The zero-order valence-electron chi connectivity index (χ0n) is 18.7. The predicted molar refractivity (Wildman–Crippen MR) is 118 cm³/mol. The van der Waals surface area contributed by atoms with Gasteiger partial charge in [0.15, 0.2) is 0 Å². The molecule has 5 nitrogen and oxygen atoms in total. The number of nitrogens with zero attached hydrogens (tertiary/aromatic N) is 3. The summed E-state index contributed by atoms with van der Waals surface area (Å²) >= 11 is 0. The molecule has 1 fully saturated rings. The van der Waals surface area contributed by atoms with Crippen LogP contribution in [-0.4, -0.2) is 32.3 Å². The quantitative estimate of drug-likeness (QED) is 0.531. The van der Waals surface area contributed by atoms with E-state index in [9.17, 15) is 18.0 Å². The highest BCUT2D eigenvalue weighted by Gasteiger charge is 2.44. The number of halogens is 3. The molecule has 0 saturated carbocycles. The van der Waals surface area contributed by atoms with Gasteiger partial charge in [0.25, 0.3) is 0 Å². The van der Waals surface area contributed by atoms with E-state index < -0.39 is 11.9 Å². The summed E-state index contributed by atoms with van der Waals surface area (Å²) in [7, 11) is 0. The number of para-hydroxylation sites is 1. The van der Waals surface area contributed by atoms with E-state index in [0.717, 1.165) is 56.6 Å².